The van der Waals surface area contributed by atoms with Crippen molar-refractivity contribution in [2.24, 2.45) is 23.7 Å². The number of hydrogen-bond acceptors (Lipinski definition) is 12. The number of aliphatic hydroxyl groups is 5. The predicted molar refractivity (Wildman–Crippen MR) is 163 cm³/mol. The van der Waals surface area contributed by atoms with Crippen molar-refractivity contribution < 1.29 is 54.1 Å². The Hall–Kier alpha value is -2.03. The molecule has 2 heterocycles. The summed E-state index contributed by atoms with van der Waals surface area (Å²) in [7, 11) is 4.72. The van der Waals surface area contributed by atoms with Crippen LogP contribution in [0.3, 0.4) is 0 Å². The fourth-order valence-corrected chi connectivity index (χ4v) is 5.93. The first-order valence-electron chi connectivity index (χ1n) is 15.7. The van der Waals surface area contributed by atoms with Crippen molar-refractivity contribution in [1.82, 2.24) is 4.90 Å². The summed E-state index contributed by atoms with van der Waals surface area (Å²) in [6, 6.07) is -0.711. The molecule has 0 bridgehead atoms. The molecule has 1 saturated heterocycles. The number of nitrogens with zero attached hydrogens (tertiary/aromatic N) is 1. The van der Waals surface area contributed by atoms with E-state index in [1.807, 2.05) is 6.92 Å². The molecular weight excluding hydrogens is 574 g/mol. The molecule has 0 aromatic rings. The van der Waals surface area contributed by atoms with Gasteiger partial charge in [-0.25, -0.2) is 0 Å². The summed E-state index contributed by atoms with van der Waals surface area (Å²) in [5.74, 6) is -3.16. The topological polar surface area (TPSA) is 183 Å². The standard InChI is InChI=1S/C31H51NO10.CH4O/c1-8-25-22(16-34)13-17(2)9-10-23(35)18(3)14-21(11-12-33)30(19(4)24(36)15-26(37)41-25)42-31-29(39)27(32(6)7)28(38)20(5)40-31;1-2/h9-10,12-13,18-22,24-25,27-31,34,36,38-39H,8,11,14-16H2,1-7H3;2H,1H3/b10-9+,17-13+;/t18-,19+,20-,21+,22-,24-,25-,27?,28-,29?,30-,31+;/m1./s1/i;2T. The monoisotopic (exact) mass is 631 g/mol. The second kappa shape index (κ2) is 19.5. The first-order valence-corrected chi connectivity index (χ1v) is 15.3. The summed E-state index contributed by atoms with van der Waals surface area (Å²) in [4.78, 5) is 39.6. The van der Waals surface area contributed by atoms with Gasteiger partial charge in [0, 0.05) is 31.3 Å². The van der Waals surface area contributed by atoms with Crippen LogP contribution in [0.5, 0.6) is 0 Å². The quantitative estimate of drug-likeness (QED) is 0.199. The van der Waals surface area contributed by atoms with E-state index in [1.165, 1.54) is 13.2 Å². The molecule has 2 rings (SSSR count). The van der Waals surface area contributed by atoms with Crippen molar-refractivity contribution in [3.05, 3.63) is 23.8 Å². The van der Waals surface area contributed by atoms with E-state index < -0.39 is 78.6 Å². The number of likely N-dealkylation sites (N-methyl/N-ethyl adjacent to an activating group) is 1. The molecule has 0 radical (unpaired) electrons. The Morgan fingerprint density at radius 3 is 2.32 bits per heavy atom. The van der Waals surface area contributed by atoms with E-state index in [0.717, 1.165) is 6.29 Å². The minimum atomic E-state index is -1.27. The maximum absolute atomic E-state index is 13.1. The van der Waals surface area contributed by atoms with Crippen molar-refractivity contribution in [1.29, 1.82) is 1.43 Å². The van der Waals surface area contributed by atoms with E-state index in [1.54, 1.807) is 58.8 Å². The molecule has 254 valence electrons. The van der Waals surface area contributed by atoms with Crippen LogP contribution in [0.4, 0.5) is 0 Å². The van der Waals surface area contributed by atoms with Gasteiger partial charge in [-0.3, -0.25) is 9.59 Å². The molecule has 0 spiro atoms. The summed E-state index contributed by atoms with van der Waals surface area (Å²) < 4.78 is 23.6. The zero-order chi connectivity index (χ0) is 34.4. The molecule has 0 amide bonds. The Morgan fingerprint density at radius 1 is 1.14 bits per heavy atom. The van der Waals surface area contributed by atoms with Crippen LogP contribution in [-0.2, 0) is 28.6 Å². The minimum absolute atomic E-state index is 0.000625. The van der Waals surface area contributed by atoms with Crippen LogP contribution in [-0.4, -0.2) is 127 Å². The number of carbonyl (C=O) groups is 3. The van der Waals surface area contributed by atoms with Gasteiger partial charge >= 0.3 is 5.97 Å². The van der Waals surface area contributed by atoms with Crippen molar-refractivity contribution in [2.75, 3.05) is 27.8 Å². The Balaban J connectivity index is 0.00000324. The number of rotatable bonds is 7. The lowest BCUT2D eigenvalue weighted by Crippen LogP contribution is -2.63. The van der Waals surface area contributed by atoms with Crippen LogP contribution in [0.2, 0.25) is 0 Å². The van der Waals surface area contributed by atoms with Crippen LogP contribution in [0.1, 0.15) is 60.3 Å². The van der Waals surface area contributed by atoms with Gasteiger partial charge in [0.25, 0.3) is 0 Å². The lowest BCUT2D eigenvalue weighted by atomic mass is 9.79. The number of allylic oxidation sites excluding steroid dienone is 3. The molecule has 12 heteroatoms. The molecule has 1 fully saturated rings. The molecule has 0 aromatic heterocycles. The Labute approximate surface area is 263 Å². The number of ketones is 1. The van der Waals surface area contributed by atoms with Gasteiger partial charge in [-0.05, 0) is 52.8 Å². The third-order valence-electron chi connectivity index (χ3n) is 8.56. The van der Waals surface area contributed by atoms with Gasteiger partial charge < -0.3 is 49.4 Å². The summed E-state index contributed by atoms with van der Waals surface area (Å²) in [6.07, 6.45) is -1.12. The lowest BCUT2D eigenvalue weighted by molar-refractivity contribution is -0.304. The van der Waals surface area contributed by atoms with Crippen LogP contribution in [0.25, 0.3) is 0 Å². The second-order valence-electron chi connectivity index (χ2n) is 12.1. The highest BCUT2D eigenvalue weighted by Gasteiger charge is 2.47. The normalized spacial score (nSPS) is 40.1. The number of carbonyl (C=O) groups excluding carboxylic acids is 3. The average Bonchev–Trinajstić information content (AvgIpc) is 2.97. The number of aldehydes is 1. The number of hydrogen-bond donors (Lipinski definition) is 5. The zero-order valence-electron chi connectivity index (χ0n) is 28.4. The largest absolute Gasteiger partial charge is 0.462 e. The number of ether oxygens (including phenoxy) is 3. The molecule has 12 nitrogen and oxygen atoms in total. The van der Waals surface area contributed by atoms with Gasteiger partial charge in [-0.15, -0.1) is 0 Å². The predicted octanol–water partition coefficient (Wildman–Crippen LogP) is 1.01. The molecule has 2 aliphatic rings. The van der Waals surface area contributed by atoms with Crippen LogP contribution >= 0.6 is 0 Å². The van der Waals surface area contributed by atoms with Crippen LogP contribution < -0.4 is 0 Å². The van der Waals surface area contributed by atoms with Gasteiger partial charge in [0.1, 0.15) is 18.5 Å². The molecule has 0 aliphatic carbocycles. The molecule has 5 N–H and O–H groups in total. The number of cyclic esters (lactones) is 1. The maximum atomic E-state index is 13.1. The molecule has 12 atom stereocenters. The Kier molecular flexibility index (Phi) is 16.9. The van der Waals surface area contributed by atoms with Crippen molar-refractivity contribution in [3.63, 3.8) is 0 Å². The molecule has 2 unspecified atom stereocenters. The molecule has 0 aromatic carbocycles. The van der Waals surface area contributed by atoms with E-state index in [-0.39, 0.29) is 31.7 Å². The van der Waals surface area contributed by atoms with Gasteiger partial charge in [0.15, 0.2) is 12.1 Å². The summed E-state index contributed by atoms with van der Waals surface area (Å²) in [5, 5.41) is 46.5. The summed E-state index contributed by atoms with van der Waals surface area (Å²) in [5.41, 5.74) is 0.714. The van der Waals surface area contributed by atoms with Crippen molar-refractivity contribution in [3.8, 4) is 0 Å². The molecular formula is C32H55NO11. The molecule has 2 aliphatic heterocycles. The van der Waals surface area contributed by atoms with Gasteiger partial charge in [0.05, 0.1) is 43.5 Å². The van der Waals surface area contributed by atoms with E-state index in [0.29, 0.717) is 12.0 Å². The first-order chi connectivity index (χ1) is 21.2. The van der Waals surface area contributed by atoms with E-state index in [9.17, 15) is 34.8 Å². The highest BCUT2D eigenvalue weighted by Crippen LogP contribution is 2.34. The first kappa shape index (κ1) is 38.2. The lowest BCUT2D eigenvalue weighted by Gasteiger charge is -2.46. The third-order valence-corrected chi connectivity index (χ3v) is 8.56. The summed E-state index contributed by atoms with van der Waals surface area (Å²) >= 11 is 0. The molecule has 0 saturated carbocycles. The summed E-state index contributed by atoms with van der Waals surface area (Å²) in [6.45, 7) is 8.42. The van der Waals surface area contributed by atoms with Gasteiger partial charge in [-0.1, -0.05) is 38.5 Å². The van der Waals surface area contributed by atoms with Crippen molar-refractivity contribution in [2.45, 2.75) is 109 Å². The zero-order valence-corrected chi connectivity index (χ0v) is 27.4. The fraction of sp³-hybridized carbons (Fsp3) is 0.781. The van der Waals surface area contributed by atoms with Crippen LogP contribution in [0, 0.1) is 23.7 Å². The Bertz CT molecular complexity index is 977. The SMILES string of the molecule is CC[C@H]1OC(=O)C[C@@H](O)[C@H](C)[C@@H](O[C@@H]2O[C@H](C)[C@@H](O)C(N(C)C)C2O)[C@@H](CC=O)C[C@@H](C)C(=O)/C=C/C(C)=C/[C@@H]1CO.[3H]OC. The van der Waals surface area contributed by atoms with E-state index >= 15 is 0 Å². The molecule has 44 heavy (non-hydrogen) atoms. The Morgan fingerprint density at radius 2 is 1.77 bits per heavy atom. The minimum Gasteiger partial charge on any atom is -0.462 e. The van der Waals surface area contributed by atoms with Gasteiger partial charge in [0.2, 0.25) is 1.43 Å². The maximum Gasteiger partial charge on any atom is 0.308 e. The second-order valence-corrected chi connectivity index (χ2v) is 12.1. The van der Waals surface area contributed by atoms with Crippen LogP contribution in [0.15, 0.2) is 23.8 Å². The van der Waals surface area contributed by atoms with E-state index in [4.69, 9.17) is 15.6 Å². The highest BCUT2D eigenvalue weighted by atomic mass is 16.7. The van der Waals surface area contributed by atoms with E-state index in [2.05, 4.69) is 5.11 Å². The van der Waals surface area contributed by atoms with Gasteiger partial charge in [-0.2, -0.15) is 0 Å². The fourth-order valence-electron chi connectivity index (χ4n) is 5.93. The van der Waals surface area contributed by atoms with Crippen molar-refractivity contribution >= 4 is 18.0 Å². The highest BCUT2D eigenvalue weighted by molar-refractivity contribution is 5.91. The third kappa shape index (κ3) is 11.1. The smallest absolute Gasteiger partial charge is 0.308 e. The number of aliphatic hydroxyl groups excluding tert-OH is 5. The average molecular weight is 632 g/mol. The number of esters is 1.